The quantitative estimate of drug-likeness (QED) is 0.339. The molecule has 1 aliphatic heterocycles. The second-order valence-electron chi connectivity index (χ2n) is 8.07. The molecule has 1 unspecified atom stereocenters. The van der Waals surface area contributed by atoms with Gasteiger partial charge in [0.25, 0.3) is 5.91 Å². The molecule has 1 aromatic rings. The Morgan fingerprint density at radius 1 is 1.13 bits per heavy atom. The molecule has 0 spiro atoms. The zero-order valence-electron chi connectivity index (χ0n) is 18.2. The maximum Gasteiger partial charge on any atom is 0.367 e. The molecule has 30 heavy (non-hydrogen) atoms. The Morgan fingerprint density at radius 2 is 1.70 bits per heavy atom. The predicted molar refractivity (Wildman–Crippen MR) is 114 cm³/mol. The molecule has 2 N–H and O–H groups in total. The summed E-state index contributed by atoms with van der Waals surface area (Å²) in [5.74, 6) is 0.562. The van der Waals surface area contributed by atoms with Gasteiger partial charge in [-0.3, -0.25) is 14.5 Å². The molecule has 0 aromatic heterocycles. The van der Waals surface area contributed by atoms with Gasteiger partial charge in [0.05, 0.1) is 20.7 Å². The molecule has 168 valence electrons. The first kappa shape index (κ1) is 24.3. The average Bonchev–Trinajstić information content (AvgIpc) is 2.70. The van der Waals surface area contributed by atoms with Gasteiger partial charge < -0.3 is 9.64 Å². The summed E-state index contributed by atoms with van der Waals surface area (Å²) in [7, 11) is -1.03. The first-order valence-corrected chi connectivity index (χ1v) is 11.6. The number of hydrogen-bond donors (Lipinski definition) is 1. The number of ketones is 1. The summed E-state index contributed by atoms with van der Waals surface area (Å²) < 4.78 is 28.7. The molecule has 9 nitrogen and oxygen atoms in total. The van der Waals surface area contributed by atoms with E-state index < -0.39 is 20.1 Å². The molecule has 2 rings (SSSR count). The van der Waals surface area contributed by atoms with Crippen molar-refractivity contribution in [2.75, 3.05) is 53.4 Å². The van der Waals surface area contributed by atoms with Crippen LogP contribution in [0.3, 0.4) is 0 Å². The fraction of sp³-hybridized carbons (Fsp3) is 0.600. The molecular weight excluding hydrogens is 408 g/mol. The maximum atomic E-state index is 12.7. The summed E-state index contributed by atoms with van der Waals surface area (Å²) in [6.07, 6.45) is 0.841. The van der Waals surface area contributed by atoms with Gasteiger partial charge in [-0.25, -0.2) is 0 Å². The van der Waals surface area contributed by atoms with E-state index in [9.17, 15) is 18.0 Å². The first-order valence-electron chi connectivity index (χ1n) is 10.0. The number of nitrogens with zero attached hydrogens (tertiary/aromatic N) is 3. The first-order chi connectivity index (χ1) is 13.9. The lowest BCUT2D eigenvalue weighted by atomic mass is 10.1. The number of nitrogens with two attached hydrogens (primary N) is 1. The minimum Gasteiger partial charge on any atom is -0.494 e. The molecule has 0 radical (unpaired) electrons. The fourth-order valence-corrected chi connectivity index (χ4v) is 3.74. The molecule has 1 aromatic carbocycles. The lowest BCUT2D eigenvalue weighted by Crippen LogP contribution is -2.62. The molecule has 1 fully saturated rings. The highest BCUT2D eigenvalue weighted by Crippen LogP contribution is 2.16. The molecule has 10 heteroatoms. The summed E-state index contributed by atoms with van der Waals surface area (Å²) in [5, 5.41) is 5.27. The van der Waals surface area contributed by atoms with E-state index in [-0.39, 0.29) is 11.7 Å². The highest BCUT2D eigenvalue weighted by atomic mass is 32.2. The number of likely N-dealkylation sites (N-methyl/N-ethyl adjacent to an activating group) is 1. The number of Topliss-reactive ketones (excluding diaryl/α,β-unsaturated/α-hetero) is 1. The lowest BCUT2D eigenvalue weighted by Gasteiger charge is -2.38. The summed E-state index contributed by atoms with van der Waals surface area (Å²) in [6.45, 7) is 7.12. The SMILES string of the molecule is CC(=O)c1ccc(OCCCN2CCN(C(=O)C(C)[N+](C)(C)S(N)(=O)=O)CC2)cc1. The van der Waals surface area contributed by atoms with Crippen LogP contribution in [0.5, 0.6) is 5.75 Å². The van der Waals surface area contributed by atoms with Crippen LogP contribution in [-0.2, 0) is 15.0 Å². The molecule has 0 aliphatic carbocycles. The average molecular weight is 442 g/mol. The Kier molecular flexibility index (Phi) is 7.98. The van der Waals surface area contributed by atoms with Crippen molar-refractivity contribution < 1.29 is 26.6 Å². The van der Waals surface area contributed by atoms with Crippen LogP contribution in [0.15, 0.2) is 24.3 Å². The number of carbonyl (C=O) groups excluding carboxylic acids is 2. The van der Waals surface area contributed by atoms with E-state index in [0.29, 0.717) is 25.3 Å². The van der Waals surface area contributed by atoms with Crippen molar-refractivity contribution in [3.8, 4) is 5.75 Å². The third-order valence-electron chi connectivity index (χ3n) is 5.78. The lowest BCUT2D eigenvalue weighted by molar-refractivity contribution is -0.779. The zero-order valence-corrected chi connectivity index (χ0v) is 19.0. The van der Waals surface area contributed by atoms with Crippen LogP contribution in [0.25, 0.3) is 0 Å². The van der Waals surface area contributed by atoms with Gasteiger partial charge in [0.15, 0.2) is 11.8 Å². The van der Waals surface area contributed by atoms with E-state index in [1.807, 2.05) is 0 Å². The van der Waals surface area contributed by atoms with Gasteiger partial charge in [-0.1, -0.05) is 0 Å². The van der Waals surface area contributed by atoms with Crippen molar-refractivity contribution >= 4 is 21.9 Å². The van der Waals surface area contributed by atoms with E-state index in [0.717, 1.165) is 31.8 Å². The van der Waals surface area contributed by atoms with Gasteiger partial charge in [-0.2, -0.15) is 17.4 Å². The summed E-state index contributed by atoms with van der Waals surface area (Å²) in [5.41, 5.74) is 0.662. The highest BCUT2D eigenvalue weighted by molar-refractivity contribution is 7.83. The number of benzene rings is 1. The number of quaternary nitrogens is 1. The van der Waals surface area contributed by atoms with Gasteiger partial charge in [0.2, 0.25) is 0 Å². The molecule has 1 aliphatic rings. The molecule has 1 atom stereocenters. The maximum absolute atomic E-state index is 12.7. The van der Waals surface area contributed by atoms with Crippen LogP contribution < -0.4 is 9.88 Å². The van der Waals surface area contributed by atoms with Gasteiger partial charge >= 0.3 is 10.2 Å². The van der Waals surface area contributed by atoms with Crippen LogP contribution in [-0.4, -0.2) is 93.3 Å². The van der Waals surface area contributed by atoms with E-state index in [1.54, 1.807) is 36.1 Å². The zero-order chi connectivity index (χ0) is 22.5. The number of ether oxygens (including phenoxy) is 1. The number of amides is 1. The van der Waals surface area contributed by atoms with Crippen molar-refractivity contribution in [2.24, 2.45) is 5.14 Å². The van der Waals surface area contributed by atoms with Crippen molar-refractivity contribution in [3.05, 3.63) is 29.8 Å². The van der Waals surface area contributed by atoms with E-state index >= 15 is 0 Å². The minimum absolute atomic E-state index is 0.0285. The Labute approximate surface area is 179 Å². The highest BCUT2D eigenvalue weighted by Gasteiger charge is 2.42. The molecule has 1 amide bonds. The van der Waals surface area contributed by atoms with Gasteiger partial charge in [0, 0.05) is 38.3 Å². The molecule has 1 heterocycles. The largest absolute Gasteiger partial charge is 0.494 e. The Balaban J connectivity index is 1.73. The summed E-state index contributed by atoms with van der Waals surface area (Å²) in [6, 6.07) is 6.33. The van der Waals surface area contributed by atoms with Gasteiger partial charge in [-0.05, 0) is 44.5 Å². The molecule has 0 saturated carbocycles. The molecular formula is C20H33N4O5S+. The summed E-state index contributed by atoms with van der Waals surface area (Å²) in [4.78, 5) is 28.0. The van der Waals surface area contributed by atoms with E-state index in [1.165, 1.54) is 21.0 Å². The second-order valence-corrected chi connectivity index (χ2v) is 10.0. The fourth-order valence-electron chi connectivity index (χ4n) is 3.21. The monoisotopic (exact) mass is 441 g/mol. The third-order valence-corrected chi connectivity index (χ3v) is 7.41. The minimum atomic E-state index is -3.89. The topological polar surface area (TPSA) is 110 Å². The van der Waals surface area contributed by atoms with Crippen molar-refractivity contribution in [3.63, 3.8) is 0 Å². The Morgan fingerprint density at radius 3 is 2.20 bits per heavy atom. The van der Waals surface area contributed by atoms with Crippen molar-refractivity contribution in [1.82, 2.24) is 9.80 Å². The third kappa shape index (κ3) is 6.00. The van der Waals surface area contributed by atoms with Crippen LogP contribution in [0.1, 0.15) is 30.6 Å². The summed E-state index contributed by atoms with van der Waals surface area (Å²) >= 11 is 0. The number of hydrogen-bond acceptors (Lipinski definition) is 6. The van der Waals surface area contributed by atoms with Gasteiger partial charge in [0.1, 0.15) is 5.75 Å². The van der Waals surface area contributed by atoms with Gasteiger partial charge in [-0.15, -0.1) is 0 Å². The number of piperazine rings is 1. The van der Waals surface area contributed by atoms with E-state index in [4.69, 9.17) is 9.88 Å². The molecule has 1 saturated heterocycles. The second kappa shape index (κ2) is 9.86. The Hall–Kier alpha value is -2.01. The van der Waals surface area contributed by atoms with Crippen molar-refractivity contribution in [2.45, 2.75) is 26.3 Å². The predicted octanol–water partition coefficient (Wildman–Crippen LogP) is 0.471. The van der Waals surface area contributed by atoms with E-state index in [2.05, 4.69) is 4.90 Å². The molecule has 0 bridgehead atoms. The van der Waals surface area contributed by atoms with Crippen LogP contribution in [0, 0.1) is 0 Å². The van der Waals surface area contributed by atoms with Crippen LogP contribution in [0.4, 0.5) is 0 Å². The van der Waals surface area contributed by atoms with Crippen LogP contribution in [0.2, 0.25) is 0 Å². The standard InChI is InChI=1S/C20H33N4O5S/c1-16(24(3,4)30(21,27)28)20(26)23-13-11-22(12-14-23)10-5-15-29-19-8-6-18(7-9-19)17(2)25/h6-9,16H,5,10-15H2,1-4H3,(H2,21,27,28)/q+1. The smallest absolute Gasteiger partial charge is 0.367 e. The normalized spacial score (nSPS) is 16.9. The number of rotatable bonds is 9. The Bertz CT molecular complexity index is 846. The van der Waals surface area contributed by atoms with Crippen LogP contribution >= 0.6 is 0 Å². The van der Waals surface area contributed by atoms with Crippen molar-refractivity contribution in [1.29, 1.82) is 0 Å². The number of carbonyl (C=O) groups is 2.